The van der Waals surface area contributed by atoms with Gasteiger partial charge in [0.2, 0.25) is 0 Å². The molecule has 19 heavy (non-hydrogen) atoms. The molecule has 2 unspecified atom stereocenters. The van der Waals surface area contributed by atoms with Crippen molar-refractivity contribution in [2.24, 2.45) is 5.92 Å². The number of nitriles is 1. The van der Waals surface area contributed by atoms with Gasteiger partial charge in [0.15, 0.2) is 0 Å². The molecule has 0 radical (unpaired) electrons. The summed E-state index contributed by atoms with van der Waals surface area (Å²) in [5.74, 6) is 0.739. The van der Waals surface area contributed by atoms with Gasteiger partial charge in [-0.3, -0.25) is 0 Å². The standard InChI is InChI=1S/C16H21N3/c17-11-13-5-1-2-8-16(13)19-10-4-6-14(12-19)15-7-3-9-18-15/h1-2,5,8,14-15,18H,3-4,6-7,9-10,12H2. The van der Waals surface area contributed by atoms with E-state index in [4.69, 9.17) is 0 Å². The quantitative estimate of drug-likeness (QED) is 0.882. The molecule has 0 spiro atoms. The summed E-state index contributed by atoms with van der Waals surface area (Å²) < 4.78 is 0. The molecule has 1 aromatic rings. The van der Waals surface area contributed by atoms with Crippen molar-refractivity contribution in [1.82, 2.24) is 5.32 Å². The maximum Gasteiger partial charge on any atom is 0.101 e. The van der Waals surface area contributed by atoms with E-state index in [9.17, 15) is 5.26 Å². The Morgan fingerprint density at radius 3 is 2.89 bits per heavy atom. The number of nitrogens with zero attached hydrogens (tertiary/aromatic N) is 2. The normalized spacial score (nSPS) is 27.2. The summed E-state index contributed by atoms with van der Waals surface area (Å²) in [5.41, 5.74) is 1.93. The van der Waals surface area contributed by atoms with Crippen molar-refractivity contribution in [2.75, 3.05) is 24.5 Å². The van der Waals surface area contributed by atoms with E-state index >= 15 is 0 Å². The minimum absolute atomic E-state index is 0.692. The molecule has 1 aromatic carbocycles. The van der Waals surface area contributed by atoms with Crippen molar-refractivity contribution in [3.63, 3.8) is 0 Å². The van der Waals surface area contributed by atoms with Crippen molar-refractivity contribution in [3.05, 3.63) is 29.8 Å². The van der Waals surface area contributed by atoms with Crippen LogP contribution in [0.5, 0.6) is 0 Å². The summed E-state index contributed by atoms with van der Waals surface area (Å²) in [6.07, 6.45) is 5.19. The first kappa shape index (κ1) is 12.5. The molecule has 2 saturated heterocycles. The van der Waals surface area contributed by atoms with Gasteiger partial charge >= 0.3 is 0 Å². The molecule has 2 aliphatic heterocycles. The van der Waals surface area contributed by atoms with E-state index in [1.807, 2.05) is 18.2 Å². The predicted octanol–water partition coefficient (Wildman–Crippen LogP) is 2.53. The molecule has 3 heteroatoms. The fourth-order valence-electron chi connectivity index (χ4n) is 3.52. The molecule has 0 bridgehead atoms. The zero-order valence-corrected chi connectivity index (χ0v) is 11.3. The lowest BCUT2D eigenvalue weighted by Crippen LogP contribution is -2.43. The average molecular weight is 255 g/mol. The molecule has 0 saturated carbocycles. The predicted molar refractivity (Wildman–Crippen MR) is 77.1 cm³/mol. The first-order valence-corrected chi connectivity index (χ1v) is 7.36. The molecule has 0 amide bonds. The second-order valence-electron chi connectivity index (χ2n) is 5.68. The van der Waals surface area contributed by atoms with Gasteiger partial charge in [0.1, 0.15) is 6.07 Å². The van der Waals surface area contributed by atoms with Gasteiger partial charge in [0.05, 0.1) is 11.3 Å². The van der Waals surface area contributed by atoms with Crippen LogP contribution in [-0.4, -0.2) is 25.7 Å². The highest BCUT2D eigenvalue weighted by Gasteiger charge is 2.29. The molecule has 0 aliphatic carbocycles. The van der Waals surface area contributed by atoms with Gasteiger partial charge < -0.3 is 10.2 Å². The average Bonchev–Trinajstić information content (AvgIpc) is 3.01. The summed E-state index contributed by atoms with van der Waals surface area (Å²) in [4.78, 5) is 2.41. The smallest absolute Gasteiger partial charge is 0.101 e. The Morgan fingerprint density at radius 2 is 2.11 bits per heavy atom. The van der Waals surface area contributed by atoms with Crippen molar-refractivity contribution < 1.29 is 0 Å². The SMILES string of the molecule is N#Cc1ccccc1N1CCCC(C2CCCN2)C1. The molecule has 1 N–H and O–H groups in total. The minimum atomic E-state index is 0.692. The Bertz CT molecular complexity index is 471. The number of piperidine rings is 1. The van der Waals surface area contributed by atoms with Crippen LogP contribution in [0.15, 0.2) is 24.3 Å². The van der Waals surface area contributed by atoms with Crippen molar-refractivity contribution in [3.8, 4) is 6.07 Å². The fourth-order valence-corrected chi connectivity index (χ4v) is 3.52. The topological polar surface area (TPSA) is 39.1 Å². The number of para-hydroxylation sites is 1. The second kappa shape index (κ2) is 5.63. The highest BCUT2D eigenvalue weighted by atomic mass is 15.1. The molecular formula is C16H21N3. The van der Waals surface area contributed by atoms with Crippen LogP contribution in [0.4, 0.5) is 5.69 Å². The fraction of sp³-hybridized carbons (Fsp3) is 0.562. The maximum atomic E-state index is 9.24. The molecule has 2 fully saturated rings. The number of hydrogen-bond donors (Lipinski definition) is 1. The molecular weight excluding hydrogens is 234 g/mol. The zero-order chi connectivity index (χ0) is 13.1. The lowest BCUT2D eigenvalue weighted by atomic mass is 9.89. The minimum Gasteiger partial charge on any atom is -0.370 e. The van der Waals surface area contributed by atoms with Gasteiger partial charge in [-0.25, -0.2) is 0 Å². The van der Waals surface area contributed by atoms with Crippen LogP contribution >= 0.6 is 0 Å². The Labute approximate surface area is 115 Å². The summed E-state index contributed by atoms with van der Waals surface area (Å²) >= 11 is 0. The van der Waals surface area contributed by atoms with E-state index < -0.39 is 0 Å². The summed E-state index contributed by atoms with van der Waals surface area (Å²) in [7, 11) is 0. The lowest BCUT2D eigenvalue weighted by Gasteiger charge is -2.37. The molecule has 2 atom stereocenters. The highest BCUT2D eigenvalue weighted by molar-refractivity contribution is 5.59. The summed E-state index contributed by atoms with van der Waals surface area (Å²) in [6.45, 7) is 3.36. The van der Waals surface area contributed by atoms with E-state index in [-0.39, 0.29) is 0 Å². The van der Waals surface area contributed by atoms with E-state index in [1.165, 1.54) is 32.2 Å². The van der Waals surface area contributed by atoms with Crippen LogP contribution in [0, 0.1) is 17.2 Å². The summed E-state index contributed by atoms with van der Waals surface area (Å²) in [5, 5.41) is 12.9. The number of nitrogens with one attached hydrogen (secondary N) is 1. The number of hydrogen-bond acceptors (Lipinski definition) is 3. The molecule has 2 aliphatic rings. The van der Waals surface area contributed by atoms with Crippen LogP contribution in [0.3, 0.4) is 0 Å². The molecule has 100 valence electrons. The van der Waals surface area contributed by atoms with Gasteiger partial charge in [-0.15, -0.1) is 0 Å². The molecule has 3 rings (SSSR count). The van der Waals surface area contributed by atoms with E-state index in [2.05, 4.69) is 22.4 Å². The van der Waals surface area contributed by atoms with Crippen molar-refractivity contribution in [2.45, 2.75) is 31.7 Å². The second-order valence-corrected chi connectivity index (χ2v) is 5.68. The Kier molecular flexibility index (Phi) is 3.70. The third kappa shape index (κ3) is 2.59. The van der Waals surface area contributed by atoms with Crippen LogP contribution in [0.2, 0.25) is 0 Å². The molecule has 0 aromatic heterocycles. The number of anilines is 1. The molecule has 3 nitrogen and oxygen atoms in total. The van der Waals surface area contributed by atoms with Gasteiger partial charge in [0.25, 0.3) is 0 Å². The largest absolute Gasteiger partial charge is 0.370 e. The van der Waals surface area contributed by atoms with Gasteiger partial charge in [-0.1, -0.05) is 12.1 Å². The first-order valence-electron chi connectivity index (χ1n) is 7.36. The van der Waals surface area contributed by atoms with E-state index in [1.54, 1.807) is 0 Å². The first-order chi connectivity index (χ1) is 9.38. The third-order valence-corrected chi connectivity index (χ3v) is 4.49. The Morgan fingerprint density at radius 1 is 1.21 bits per heavy atom. The van der Waals surface area contributed by atoms with Gasteiger partial charge in [0, 0.05) is 19.1 Å². The monoisotopic (exact) mass is 255 g/mol. The third-order valence-electron chi connectivity index (χ3n) is 4.49. The zero-order valence-electron chi connectivity index (χ0n) is 11.3. The maximum absolute atomic E-state index is 9.24. The van der Waals surface area contributed by atoms with Crippen LogP contribution in [-0.2, 0) is 0 Å². The number of rotatable bonds is 2. The van der Waals surface area contributed by atoms with Crippen LogP contribution in [0.1, 0.15) is 31.2 Å². The van der Waals surface area contributed by atoms with Crippen LogP contribution < -0.4 is 10.2 Å². The highest BCUT2D eigenvalue weighted by Crippen LogP contribution is 2.29. The Hall–Kier alpha value is -1.53. The van der Waals surface area contributed by atoms with Crippen molar-refractivity contribution >= 4 is 5.69 Å². The van der Waals surface area contributed by atoms with Gasteiger partial charge in [-0.2, -0.15) is 5.26 Å². The summed E-state index contributed by atoms with van der Waals surface area (Å²) in [6, 6.07) is 11.0. The Balaban J connectivity index is 1.76. The van der Waals surface area contributed by atoms with Gasteiger partial charge in [-0.05, 0) is 50.3 Å². The van der Waals surface area contributed by atoms with E-state index in [0.29, 0.717) is 6.04 Å². The van der Waals surface area contributed by atoms with Crippen LogP contribution in [0.25, 0.3) is 0 Å². The number of benzene rings is 1. The van der Waals surface area contributed by atoms with E-state index in [0.717, 1.165) is 30.3 Å². The lowest BCUT2D eigenvalue weighted by molar-refractivity contribution is 0.329. The molecule has 2 heterocycles. The van der Waals surface area contributed by atoms with Crippen molar-refractivity contribution in [1.29, 1.82) is 5.26 Å².